The highest BCUT2D eigenvalue weighted by Gasteiger charge is 2.22. The molecule has 0 amide bonds. The van der Waals surface area contributed by atoms with Gasteiger partial charge in [-0.15, -0.1) is 10.2 Å². The van der Waals surface area contributed by atoms with Crippen LogP contribution in [0.25, 0.3) is 0 Å². The molecule has 0 atom stereocenters. The molecule has 0 spiro atoms. The maximum Gasteiger partial charge on any atom is 0.203 e. The Bertz CT molecular complexity index is 766. The van der Waals surface area contributed by atoms with Crippen molar-refractivity contribution in [3.8, 4) is 5.75 Å². The molecule has 0 saturated carbocycles. The summed E-state index contributed by atoms with van der Waals surface area (Å²) in [6, 6.07) is 18.7. The van der Waals surface area contributed by atoms with Gasteiger partial charge in [-0.1, -0.05) is 67.6 Å². The molecule has 3 aromatic rings. The minimum absolute atomic E-state index is 0.0481. The fourth-order valence-corrected chi connectivity index (χ4v) is 2.98. The molecule has 3 rings (SSSR count). The minimum Gasteiger partial charge on any atom is -0.486 e. The fraction of sp³-hybridized carbons (Fsp3) is 0.222. The average molecular weight is 325 g/mol. The molecule has 0 aliphatic heterocycles. The molecule has 0 unspecified atom stereocenters. The third kappa shape index (κ3) is 3.51. The predicted octanol–water partition coefficient (Wildman–Crippen LogP) is 4.03. The Morgan fingerprint density at radius 2 is 1.61 bits per heavy atom. The molecule has 1 heterocycles. The number of nitrogens with two attached hydrogens (primary N) is 1. The van der Waals surface area contributed by atoms with Crippen LogP contribution in [0.2, 0.25) is 0 Å². The zero-order chi connectivity index (χ0) is 16.3. The van der Waals surface area contributed by atoms with E-state index in [0.29, 0.717) is 11.7 Å². The summed E-state index contributed by atoms with van der Waals surface area (Å²) >= 11 is 1.34. The van der Waals surface area contributed by atoms with Crippen molar-refractivity contribution in [2.24, 2.45) is 0 Å². The average Bonchev–Trinajstić information content (AvgIpc) is 3.00. The number of rotatable bonds is 5. The number of anilines is 1. The minimum atomic E-state index is -0.0481. The van der Waals surface area contributed by atoms with Crippen molar-refractivity contribution in [2.45, 2.75) is 25.9 Å². The SMILES string of the molecule is CC(C)(c1ccccc1)c1ccc(OCc2nnc(N)s2)cc1. The van der Waals surface area contributed by atoms with Crippen LogP contribution in [-0.4, -0.2) is 10.2 Å². The van der Waals surface area contributed by atoms with Crippen LogP contribution in [0.5, 0.6) is 5.75 Å². The lowest BCUT2D eigenvalue weighted by molar-refractivity contribution is 0.304. The topological polar surface area (TPSA) is 61.0 Å². The molecule has 1 aromatic heterocycles. The van der Waals surface area contributed by atoms with Gasteiger partial charge in [0.2, 0.25) is 5.13 Å². The van der Waals surface area contributed by atoms with E-state index in [9.17, 15) is 0 Å². The standard InChI is InChI=1S/C18H19N3OS/c1-18(2,13-6-4-3-5-7-13)14-8-10-15(11-9-14)22-12-16-20-21-17(19)23-16/h3-11H,12H2,1-2H3,(H2,19,21). The Balaban J connectivity index is 1.71. The maximum atomic E-state index is 5.73. The molecule has 2 aromatic carbocycles. The Labute approximate surface area is 140 Å². The van der Waals surface area contributed by atoms with Crippen molar-refractivity contribution in [3.05, 3.63) is 70.7 Å². The molecule has 4 nitrogen and oxygen atoms in total. The smallest absolute Gasteiger partial charge is 0.203 e. The summed E-state index contributed by atoms with van der Waals surface area (Å²) in [5, 5.41) is 8.96. The first-order chi connectivity index (χ1) is 11.1. The maximum absolute atomic E-state index is 5.73. The first kappa shape index (κ1) is 15.5. The third-order valence-electron chi connectivity index (χ3n) is 3.92. The van der Waals surface area contributed by atoms with Gasteiger partial charge in [0.05, 0.1) is 0 Å². The van der Waals surface area contributed by atoms with Crippen molar-refractivity contribution in [3.63, 3.8) is 0 Å². The van der Waals surface area contributed by atoms with E-state index in [-0.39, 0.29) is 5.41 Å². The highest BCUT2D eigenvalue weighted by molar-refractivity contribution is 7.15. The van der Waals surface area contributed by atoms with Gasteiger partial charge in [0.25, 0.3) is 0 Å². The zero-order valence-electron chi connectivity index (χ0n) is 13.2. The zero-order valence-corrected chi connectivity index (χ0v) is 14.0. The quantitative estimate of drug-likeness (QED) is 0.769. The Kier molecular flexibility index (Phi) is 4.30. The van der Waals surface area contributed by atoms with Gasteiger partial charge >= 0.3 is 0 Å². The number of hydrogen-bond donors (Lipinski definition) is 1. The molecule has 0 radical (unpaired) electrons. The largest absolute Gasteiger partial charge is 0.486 e. The molecule has 5 heteroatoms. The molecule has 118 valence electrons. The lowest BCUT2D eigenvalue weighted by Crippen LogP contribution is -2.18. The summed E-state index contributed by atoms with van der Waals surface area (Å²) in [6.45, 7) is 4.83. The van der Waals surface area contributed by atoms with E-state index in [0.717, 1.165) is 10.8 Å². The normalized spacial score (nSPS) is 11.4. The molecule has 2 N–H and O–H groups in total. The molecule has 0 saturated heterocycles. The van der Waals surface area contributed by atoms with Crippen molar-refractivity contribution in [1.29, 1.82) is 0 Å². The van der Waals surface area contributed by atoms with Gasteiger partial charge in [-0.2, -0.15) is 0 Å². The van der Waals surface area contributed by atoms with Crippen molar-refractivity contribution in [1.82, 2.24) is 10.2 Å². The van der Waals surface area contributed by atoms with Gasteiger partial charge in [-0.3, -0.25) is 0 Å². The van der Waals surface area contributed by atoms with E-state index >= 15 is 0 Å². The highest BCUT2D eigenvalue weighted by Crippen LogP contribution is 2.32. The van der Waals surface area contributed by atoms with Crippen LogP contribution >= 0.6 is 11.3 Å². The van der Waals surface area contributed by atoms with Crippen LogP contribution in [-0.2, 0) is 12.0 Å². The van der Waals surface area contributed by atoms with Crippen LogP contribution < -0.4 is 10.5 Å². The van der Waals surface area contributed by atoms with E-state index in [4.69, 9.17) is 10.5 Å². The lowest BCUT2D eigenvalue weighted by atomic mass is 9.78. The Morgan fingerprint density at radius 1 is 0.957 bits per heavy atom. The third-order valence-corrected chi connectivity index (χ3v) is 4.64. The summed E-state index contributed by atoms with van der Waals surface area (Å²) < 4.78 is 5.73. The van der Waals surface area contributed by atoms with Gasteiger partial charge in [0.15, 0.2) is 5.01 Å². The second-order valence-electron chi connectivity index (χ2n) is 5.84. The number of ether oxygens (including phenoxy) is 1. The van der Waals surface area contributed by atoms with Crippen molar-refractivity contribution in [2.75, 3.05) is 5.73 Å². The first-order valence-electron chi connectivity index (χ1n) is 7.42. The van der Waals surface area contributed by atoms with Crippen LogP contribution in [0.15, 0.2) is 54.6 Å². The summed E-state index contributed by atoms with van der Waals surface area (Å²) in [6.07, 6.45) is 0. The van der Waals surface area contributed by atoms with Crippen LogP contribution in [0.4, 0.5) is 5.13 Å². The molecule has 0 bridgehead atoms. The summed E-state index contributed by atoms with van der Waals surface area (Å²) in [5.41, 5.74) is 8.05. The molecular weight excluding hydrogens is 306 g/mol. The second-order valence-corrected chi connectivity index (χ2v) is 6.93. The number of nitrogen functional groups attached to an aromatic ring is 1. The van der Waals surface area contributed by atoms with Gasteiger partial charge < -0.3 is 10.5 Å². The molecule has 0 aliphatic rings. The molecule has 23 heavy (non-hydrogen) atoms. The number of aromatic nitrogens is 2. The summed E-state index contributed by atoms with van der Waals surface area (Å²) in [5.74, 6) is 0.811. The summed E-state index contributed by atoms with van der Waals surface area (Å²) in [4.78, 5) is 0. The summed E-state index contributed by atoms with van der Waals surface area (Å²) in [7, 11) is 0. The molecular formula is C18H19N3OS. The number of nitrogens with zero attached hydrogens (tertiary/aromatic N) is 2. The lowest BCUT2D eigenvalue weighted by Gasteiger charge is -2.26. The van der Waals surface area contributed by atoms with Crippen LogP contribution in [0, 0.1) is 0 Å². The first-order valence-corrected chi connectivity index (χ1v) is 8.24. The number of benzene rings is 2. The predicted molar refractivity (Wildman–Crippen MR) is 93.7 cm³/mol. The Hall–Kier alpha value is -2.40. The second kappa shape index (κ2) is 6.38. The van der Waals surface area contributed by atoms with E-state index in [2.05, 4.69) is 60.4 Å². The van der Waals surface area contributed by atoms with Crippen LogP contribution in [0.3, 0.4) is 0 Å². The van der Waals surface area contributed by atoms with Gasteiger partial charge in [-0.25, -0.2) is 0 Å². The highest BCUT2D eigenvalue weighted by atomic mass is 32.1. The monoisotopic (exact) mass is 325 g/mol. The molecule has 0 aliphatic carbocycles. The van der Waals surface area contributed by atoms with Crippen molar-refractivity contribution < 1.29 is 4.74 Å². The van der Waals surface area contributed by atoms with E-state index < -0.39 is 0 Å². The van der Waals surface area contributed by atoms with E-state index in [1.807, 2.05) is 18.2 Å². The fourth-order valence-electron chi connectivity index (χ4n) is 2.46. The van der Waals surface area contributed by atoms with Gasteiger partial charge in [0.1, 0.15) is 12.4 Å². The Morgan fingerprint density at radius 3 is 2.22 bits per heavy atom. The van der Waals surface area contributed by atoms with Crippen molar-refractivity contribution >= 4 is 16.5 Å². The molecule has 0 fully saturated rings. The van der Waals surface area contributed by atoms with Gasteiger partial charge in [-0.05, 0) is 23.3 Å². The number of hydrogen-bond acceptors (Lipinski definition) is 5. The van der Waals surface area contributed by atoms with Crippen LogP contribution in [0.1, 0.15) is 30.0 Å². The van der Waals surface area contributed by atoms with E-state index in [1.165, 1.54) is 22.5 Å². The van der Waals surface area contributed by atoms with Gasteiger partial charge in [0, 0.05) is 5.41 Å². The van der Waals surface area contributed by atoms with E-state index in [1.54, 1.807) is 0 Å².